The van der Waals surface area contributed by atoms with E-state index in [-0.39, 0.29) is 0 Å². The number of hydrogen-bond acceptors (Lipinski definition) is 3. The lowest BCUT2D eigenvalue weighted by molar-refractivity contribution is -0.120. The minimum Gasteiger partial charge on any atom is -0.469 e. The molecule has 1 aromatic rings. The molecule has 1 aliphatic carbocycles. The second-order valence-electron chi connectivity index (χ2n) is 5.08. The van der Waals surface area contributed by atoms with Crippen LogP contribution in [-0.2, 0) is 11.3 Å². The second kappa shape index (κ2) is 5.50. The van der Waals surface area contributed by atoms with Gasteiger partial charge in [-0.25, -0.2) is 0 Å². The molecule has 0 aliphatic heterocycles. The number of aryl methyl sites for hydroxylation is 1. The van der Waals surface area contributed by atoms with Crippen LogP contribution in [0.3, 0.4) is 0 Å². The van der Waals surface area contributed by atoms with Gasteiger partial charge >= 0.3 is 0 Å². The molecule has 3 heteroatoms. The van der Waals surface area contributed by atoms with Crippen molar-refractivity contribution in [2.75, 3.05) is 13.6 Å². The molecular weight excluding hydrogens is 214 g/mol. The van der Waals surface area contributed by atoms with E-state index in [9.17, 15) is 4.79 Å². The molecule has 1 atom stereocenters. The van der Waals surface area contributed by atoms with Gasteiger partial charge in [0.2, 0.25) is 0 Å². The Kier molecular flexibility index (Phi) is 4.00. The zero-order valence-electron chi connectivity index (χ0n) is 10.7. The Morgan fingerprint density at radius 3 is 2.94 bits per heavy atom. The molecule has 1 heterocycles. The Bertz CT molecular complexity index is 383. The molecule has 1 unspecified atom stereocenters. The Balaban J connectivity index is 1.76. The first-order valence-corrected chi connectivity index (χ1v) is 6.41. The van der Waals surface area contributed by atoms with Crippen molar-refractivity contribution in [2.24, 2.45) is 5.92 Å². The Morgan fingerprint density at radius 1 is 1.53 bits per heavy atom. The van der Waals surface area contributed by atoms with Crippen LogP contribution in [0.4, 0.5) is 0 Å². The number of furan rings is 1. The van der Waals surface area contributed by atoms with Crippen molar-refractivity contribution in [1.29, 1.82) is 0 Å². The standard InChI is InChI=1S/C14H21NO2/c1-11-13(7-9-17-11)10-15(2)8-6-12-4-3-5-14(12)16/h7,9,12H,3-6,8,10H2,1-2H3. The molecule has 94 valence electrons. The van der Waals surface area contributed by atoms with Gasteiger partial charge in [0.1, 0.15) is 11.5 Å². The van der Waals surface area contributed by atoms with Gasteiger partial charge in [0.15, 0.2) is 0 Å². The summed E-state index contributed by atoms with van der Waals surface area (Å²) in [6.45, 7) is 3.88. The first kappa shape index (κ1) is 12.4. The number of carbonyl (C=O) groups is 1. The van der Waals surface area contributed by atoms with Gasteiger partial charge in [0, 0.05) is 24.4 Å². The summed E-state index contributed by atoms with van der Waals surface area (Å²) in [7, 11) is 2.10. The number of ketones is 1. The van der Waals surface area contributed by atoms with Gasteiger partial charge in [-0.3, -0.25) is 4.79 Å². The fraction of sp³-hybridized carbons (Fsp3) is 0.643. The summed E-state index contributed by atoms with van der Waals surface area (Å²) in [6, 6.07) is 2.02. The van der Waals surface area contributed by atoms with Crippen LogP contribution < -0.4 is 0 Å². The summed E-state index contributed by atoms with van der Waals surface area (Å²) in [5.41, 5.74) is 1.24. The highest BCUT2D eigenvalue weighted by Crippen LogP contribution is 2.24. The van der Waals surface area contributed by atoms with Crippen LogP contribution in [0.5, 0.6) is 0 Å². The molecule has 17 heavy (non-hydrogen) atoms. The van der Waals surface area contributed by atoms with Crippen LogP contribution in [0.25, 0.3) is 0 Å². The zero-order chi connectivity index (χ0) is 12.3. The van der Waals surface area contributed by atoms with Crippen molar-refractivity contribution in [1.82, 2.24) is 4.90 Å². The average molecular weight is 235 g/mol. The van der Waals surface area contributed by atoms with Crippen LogP contribution in [0, 0.1) is 12.8 Å². The van der Waals surface area contributed by atoms with Crippen LogP contribution in [0.15, 0.2) is 16.7 Å². The first-order chi connectivity index (χ1) is 8.16. The highest BCUT2D eigenvalue weighted by molar-refractivity contribution is 5.82. The van der Waals surface area contributed by atoms with Crippen molar-refractivity contribution in [3.63, 3.8) is 0 Å². The molecule has 1 fully saturated rings. The van der Waals surface area contributed by atoms with Crippen molar-refractivity contribution in [2.45, 2.75) is 39.2 Å². The van der Waals surface area contributed by atoms with Crippen molar-refractivity contribution >= 4 is 5.78 Å². The molecule has 1 aliphatic rings. The van der Waals surface area contributed by atoms with Gasteiger partial charge in [0.25, 0.3) is 0 Å². The summed E-state index contributed by atoms with van der Waals surface area (Å²) >= 11 is 0. The SMILES string of the molecule is Cc1occc1CN(C)CCC1CCCC1=O. The average Bonchev–Trinajstić information content (AvgIpc) is 2.86. The maximum absolute atomic E-state index is 11.5. The minimum absolute atomic E-state index is 0.322. The zero-order valence-corrected chi connectivity index (χ0v) is 10.7. The van der Waals surface area contributed by atoms with E-state index in [1.54, 1.807) is 6.26 Å². The van der Waals surface area contributed by atoms with E-state index in [2.05, 4.69) is 11.9 Å². The predicted molar refractivity (Wildman–Crippen MR) is 66.7 cm³/mol. The lowest BCUT2D eigenvalue weighted by Crippen LogP contribution is -2.22. The number of hydrogen-bond donors (Lipinski definition) is 0. The van der Waals surface area contributed by atoms with Crippen LogP contribution in [0.1, 0.15) is 37.0 Å². The van der Waals surface area contributed by atoms with E-state index in [1.807, 2.05) is 13.0 Å². The van der Waals surface area contributed by atoms with Gasteiger partial charge < -0.3 is 9.32 Å². The maximum Gasteiger partial charge on any atom is 0.136 e. The largest absolute Gasteiger partial charge is 0.469 e. The minimum atomic E-state index is 0.322. The van der Waals surface area contributed by atoms with Crippen LogP contribution in [-0.4, -0.2) is 24.3 Å². The van der Waals surface area contributed by atoms with Gasteiger partial charge in [-0.1, -0.05) is 0 Å². The number of carbonyl (C=O) groups excluding carboxylic acids is 1. The van der Waals surface area contributed by atoms with E-state index >= 15 is 0 Å². The van der Waals surface area contributed by atoms with Crippen LogP contribution in [0.2, 0.25) is 0 Å². The normalized spacial score (nSPS) is 20.4. The number of Topliss-reactive ketones (excluding diaryl/α,β-unsaturated/α-hetero) is 1. The highest BCUT2D eigenvalue weighted by Gasteiger charge is 2.24. The molecule has 0 spiro atoms. The lowest BCUT2D eigenvalue weighted by Gasteiger charge is -2.18. The topological polar surface area (TPSA) is 33.5 Å². The molecule has 3 nitrogen and oxygen atoms in total. The Hall–Kier alpha value is -1.09. The third kappa shape index (κ3) is 3.19. The molecule has 0 bridgehead atoms. The molecule has 1 aromatic heterocycles. The highest BCUT2D eigenvalue weighted by atomic mass is 16.3. The van der Waals surface area contributed by atoms with Crippen molar-refractivity contribution < 1.29 is 9.21 Å². The Morgan fingerprint density at radius 2 is 2.35 bits per heavy atom. The van der Waals surface area contributed by atoms with Gasteiger partial charge in [-0.05, 0) is 45.8 Å². The first-order valence-electron chi connectivity index (χ1n) is 6.41. The smallest absolute Gasteiger partial charge is 0.136 e. The van der Waals surface area contributed by atoms with E-state index in [0.29, 0.717) is 11.7 Å². The van der Waals surface area contributed by atoms with Crippen LogP contribution >= 0.6 is 0 Å². The molecule has 0 N–H and O–H groups in total. The van der Waals surface area contributed by atoms with E-state index in [1.165, 1.54) is 5.56 Å². The Labute approximate surface area is 103 Å². The lowest BCUT2D eigenvalue weighted by atomic mass is 10.0. The second-order valence-corrected chi connectivity index (χ2v) is 5.08. The molecule has 0 aromatic carbocycles. The summed E-state index contributed by atoms with van der Waals surface area (Å²) in [6.07, 6.45) is 5.73. The van der Waals surface area contributed by atoms with Gasteiger partial charge in [0.05, 0.1) is 6.26 Å². The van der Waals surface area contributed by atoms with Crippen molar-refractivity contribution in [3.8, 4) is 0 Å². The van der Waals surface area contributed by atoms with E-state index in [0.717, 1.165) is 44.5 Å². The molecule has 0 amide bonds. The summed E-state index contributed by atoms with van der Waals surface area (Å²) in [5.74, 6) is 1.79. The number of nitrogens with zero attached hydrogens (tertiary/aromatic N) is 1. The molecular formula is C14H21NO2. The third-order valence-electron chi connectivity index (χ3n) is 3.70. The van der Waals surface area contributed by atoms with Crippen molar-refractivity contribution in [3.05, 3.63) is 23.7 Å². The van der Waals surface area contributed by atoms with E-state index in [4.69, 9.17) is 4.42 Å². The molecule has 2 rings (SSSR count). The van der Waals surface area contributed by atoms with Gasteiger partial charge in [-0.15, -0.1) is 0 Å². The summed E-state index contributed by atoms with van der Waals surface area (Å²) < 4.78 is 5.28. The predicted octanol–water partition coefficient (Wildman–Crippen LogP) is 2.78. The summed E-state index contributed by atoms with van der Waals surface area (Å²) in [4.78, 5) is 13.8. The quantitative estimate of drug-likeness (QED) is 0.787. The fourth-order valence-electron chi connectivity index (χ4n) is 2.51. The fourth-order valence-corrected chi connectivity index (χ4v) is 2.51. The van der Waals surface area contributed by atoms with E-state index < -0.39 is 0 Å². The third-order valence-corrected chi connectivity index (χ3v) is 3.70. The molecule has 1 saturated carbocycles. The molecule has 0 saturated heterocycles. The van der Waals surface area contributed by atoms with Gasteiger partial charge in [-0.2, -0.15) is 0 Å². The monoisotopic (exact) mass is 235 g/mol. The summed E-state index contributed by atoms with van der Waals surface area (Å²) in [5, 5.41) is 0. The maximum atomic E-state index is 11.5. The molecule has 0 radical (unpaired) electrons. The number of rotatable bonds is 5.